The van der Waals surface area contributed by atoms with Gasteiger partial charge in [0.15, 0.2) is 0 Å². The van der Waals surface area contributed by atoms with Crippen LogP contribution in [0.5, 0.6) is 5.75 Å². The zero-order valence-electron chi connectivity index (χ0n) is 23.6. The lowest BCUT2D eigenvalue weighted by molar-refractivity contribution is 0.0553. The number of halogens is 1. The van der Waals surface area contributed by atoms with E-state index < -0.39 is 0 Å². The summed E-state index contributed by atoms with van der Waals surface area (Å²) in [5.74, 6) is 1.21. The third-order valence-corrected chi connectivity index (χ3v) is 8.84. The molecule has 0 bridgehead atoms. The molecular weight excluding hydrogens is 515 g/mol. The van der Waals surface area contributed by atoms with Gasteiger partial charge < -0.3 is 14.5 Å². The normalized spacial score (nSPS) is 17.2. The van der Waals surface area contributed by atoms with Crippen LogP contribution in [0.3, 0.4) is 0 Å². The van der Waals surface area contributed by atoms with E-state index in [4.69, 9.17) is 4.74 Å². The van der Waals surface area contributed by atoms with Crippen molar-refractivity contribution in [3.63, 3.8) is 0 Å². The maximum absolute atomic E-state index is 14.2. The first-order chi connectivity index (χ1) is 20.1. The van der Waals surface area contributed by atoms with Gasteiger partial charge in [0.2, 0.25) is 0 Å². The quantitative estimate of drug-likeness (QED) is 0.285. The number of benzene rings is 3. The van der Waals surface area contributed by atoms with E-state index in [9.17, 15) is 9.18 Å². The first-order valence-corrected chi connectivity index (χ1v) is 14.7. The average molecular weight is 553 g/mol. The minimum Gasteiger partial charge on any atom is -0.497 e. The highest BCUT2D eigenvalue weighted by molar-refractivity contribution is 6.07. The molecule has 0 radical (unpaired) electrons. The van der Waals surface area contributed by atoms with Crippen molar-refractivity contribution in [1.82, 2.24) is 20.0 Å². The highest BCUT2D eigenvalue weighted by atomic mass is 19.1. The SMILES string of the molecule is COc1ccc(Cc2ccc(CC3CCN(C4CCN(C(=O)c5ccc(F)c6ccccc56)CC4)CC3)nn2)cc1. The van der Waals surface area contributed by atoms with Crippen molar-refractivity contribution in [2.24, 2.45) is 5.92 Å². The molecule has 41 heavy (non-hydrogen) atoms. The van der Waals surface area contributed by atoms with Crippen molar-refractivity contribution in [2.45, 2.75) is 44.6 Å². The van der Waals surface area contributed by atoms with Crippen molar-refractivity contribution >= 4 is 16.7 Å². The molecule has 1 aromatic heterocycles. The molecule has 6 rings (SSSR count). The standard InChI is InChI=1S/C34H37FN4O2/c1-41-29-10-6-24(7-11-29)22-26-8-9-27(37-36-26)23-25-14-18-38(19-15-25)28-16-20-39(21-17-28)34(40)32-12-13-33(35)31-5-3-2-4-30(31)32/h2-13,25,28H,14-23H2,1H3. The Labute approximate surface area is 241 Å². The van der Waals surface area contributed by atoms with E-state index >= 15 is 0 Å². The van der Waals surface area contributed by atoms with Crippen LogP contribution < -0.4 is 4.74 Å². The van der Waals surface area contributed by atoms with E-state index in [-0.39, 0.29) is 11.7 Å². The van der Waals surface area contributed by atoms with Crippen molar-refractivity contribution in [3.8, 4) is 5.75 Å². The predicted molar refractivity (Wildman–Crippen MR) is 159 cm³/mol. The van der Waals surface area contributed by atoms with Crippen molar-refractivity contribution < 1.29 is 13.9 Å². The zero-order chi connectivity index (χ0) is 28.2. The second-order valence-corrected chi connectivity index (χ2v) is 11.4. The zero-order valence-corrected chi connectivity index (χ0v) is 23.6. The van der Waals surface area contributed by atoms with Crippen LogP contribution in [-0.4, -0.2) is 65.2 Å². The largest absolute Gasteiger partial charge is 0.497 e. The van der Waals surface area contributed by atoms with Gasteiger partial charge in [-0.3, -0.25) is 4.79 Å². The summed E-state index contributed by atoms with van der Waals surface area (Å²) >= 11 is 0. The summed E-state index contributed by atoms with van der Waals surface area (Å²) in [6.45, 7) is 3.67. The number of aromatic nitrogens is 2. The molecule has 7 heteroatoms. The number of hydrogen-bond acceptors (Lipinski definition) is 5. The number of hydrogen-bond donors (Lipinski definition) is 0. The van der Waals surface area contributed by atoms with E-state index in [1.807, 2.05) is 35.2 Å². The Bertz CT molecular complexity index is 1480. The summed E-state index contributed by atoms with van der Waals surface area (Å²) in [4.78, 5) is 17.9. The molecule has 0 spiro atoms. The molecule has 4 aromatic rings. The van der Waals surface area contributed by atoms with Gasteiger partial charge in [0, 0.05) is 36.5 Å². The molecule has 2 aliphatic rings. The van der Waals surface area contributed by atoms with Gasteiger partial charge in [-0.25, -0.2) is 4.39 Å². The van der Waals surface area contributed by atoms with E-state index in [2.05, 4.69) is 39.4 Å². The van der Waals surface area contributed by atoms with Crippen LogP contribution in [0.25, 0.3) is 10.8 Å². The molecule has 2 aliphatic heterocycles. The van der Waals surface area contributed by atoms with Gasteiger partial charge in [-0.2, -0.15) is 10.2 Å². The van der Waals surface area contributed by atoms with Gasteiger partial charge in [0.25, 0.3) is 5.91 Å². The number of nitrogens with zero attached hydrogens (tertiary/aromatic N) is 4. The summed E-state index contributed by atoms with van der Waals surface area (Å²) in [7, 11) is 1.68. The Kier molecular flexibility index (Phi) is 8.23. The molecule has 212 valence electrons. The fourth-order valence-corrected chi connectivity index (χ4v) is 6.41. The van der Waals surface area contributed by atoms with Crippen molar-refractivity contribution in [2.75, 3.05) is 33.3 Å². The number of methoxy groups -OCH3 is 1. The van der Waals surface area contributed by atoms with Crippen LogP contribution in [0.15, 0.2) is 72.8 Å². The summed E-state index contributed by atoms with van der Waals surface area (Å²) in [5.41, 5.74) is 3.84. The number of likely N-dealkylation sites (tertiary alicyclic amines) is 2. The van der Waals surface area contributed by atoms with Gasteiger partial charge in [-0.15, -0.1) is 0 Å². The van der Waals surface area contributed by atoms with Crippen LogP contribution in [0.4, 0.5) is 4.39 Å². The summed E-state index contributed by atoms with van der Waals surface area (Å²) in [6.07, 6.45) is 6.03. The molecule has 2 saturated heterocycles. The van der Waals surface area contributed by atoms with Crippen LogP contribution in [0.1, 0.15) is 53.0 Å². The Morgan fingerprint density at radius 3 is 2.20 bits per heavy atom. The van der Waals surface area contributed by atoms with Crippen LogP contribution in [-0.2, 0) is 12.8 Å². The monoisotopic (exact) mass is 552 g/mol. The van der Waals surface area contributed by atoms with Gasteiger partial charge in [-0.1, -0.05) is 36.4 Å². The Morgan fingerprint density at radius 2 is 1.51 bits per heavy atom. The summed E-state index contributed by atoms with van der Waals surface area (Å²) < 4.78 is 19.5. The molecule has 0 atom stereocenters. The maximum atomic E-state index is 14.2. The fraction of sp³-hybridized carbons (Fsp3) is 0.382. The molecule has 0 N–H and O–H groups in total. The first kappa shape index (κ1) is 27.3. The maximum Gasteiger partial charge on any atom is 0.254 e. The highest BCUT2D eigenvalue weighted by Gasteiger charge is 2.30. The molecule has 0 aliphatic carbocycles. The highest BCUT2D eigenvalue weighted by Crippen LogP contribution is 2.28. The first-order valence-electron chi connectivity index (χ1n) is 14.7. The lowest BCUT2D eigenvalue weighted by atomic mass is 9.90. The number of carbonyl (C=O) groups is 1. The molecule has 2 fully saturated rings. The Balaban J connectivity index is 0.966. The minimum absolute atomic E-state index is 0.00878. The smallest absolute Gasteiger partial charge is 0.254 e. The second-order valence-electron chi connectivity index (χ2n) is 11.4. The number of rotatable bonds is 7. The third kappa shape index (κ3) is 6.25. The molecular formula is C34H37FN4O2. The van der Waals surface area contributed by atoms with E-state index in [1.54, 1.807) is 19.2 Å². The molecule has 1 amide bonds. The third-order valence-electron chi connectivity index (χ3n) is 8.84. The number of fused-ring (bicyclic) bond motifs is 1. The molecule has 0 saturated carbocycles. The average Bonchev–Trinajstić information content (AvgIpc) is 3.03. The van der Waals surface area contributed by atoms with Crippen LogP contribution in [0, 0.1) is 11.7 Å². The predicted octanol–water partition coefficient (Wildman–Crippen LogP) is 5.93. The van der Waals surface area contributed by atoms with E-state index in [0.717, 1.165) is 81.8 Å². The summed E-state index contributed by atoms with van der Waals surface area (Å²) in [5, 5.41) is 10.2. The van der Waals surface area contributed by atoms with Crippen molar-refractivity contribution in [3.05, 3.63) is 101 Å². The lowest BCUT2D eigenvalue weighted by Crippen LogP contribution is -2.49. The summed E-state index contributed by atoms with van der Waals surface area (Å²) in [6, 6.07) is 23.1. The van der Waals surface area contributed by atoms with Crippen molar-refractivity contribution in [1.29, 1.82) is 0 Å². The molecule has 0 unspecified atom stereocenters. The number of piperidine rings is 2. The van der Waals surface area contributed by atoms with Gasteiger partial charge in [-0.05, 0) is 98.5 Å². The second kappa shape index (κ2) is 12.4. The van der Waals surface area contributed by atoms with Crippen LogP contribution in [0.2, 0.25) is 0 Å². The fourth-order valence-electron chi connectivity index (χ4n) is 6.41. The Morgan fingerprint density at radius 1 is 0.829 bits per heavy atom. The number of ether oxygens (including phenoxy) is 1. The van der Waals surface area contributed by atoms with E-state index in [0.29, 0.717) is 28.3 Å². The van der Waals surface area contributed by atoms with E-state index in [1.165, 1.54) is 11.6 Å². The molecule has 6 nitrogen and oxygen atoms in total. The van der Waals surface area contributed by atoms with Gasteiger partial charge in [0.05, 0.1) is 18.5 Å². The Hall–Kier alpha value is -3.84. The molecule has 3 heterocycles. The lowest BCUT2D eigenvalue weighted by Gasteiger charge is -2.42. The minimum atomic E-state index is -0.284. The number of carbonyl (C=O) groups excluding carboxylic acids is 1. The van der Waals surface area contributed by atoms with Gasteiger partial charge >= 0.3 is 0 Å². The number of amides is 1. The van der Waals surface area contributed by atoms with Crippen LogP contribution >= 0.6 is 0 Å². The molecule has 3 aromatic carbocycles. The van der Waals surface area contributed by atoms with Gasteiger partial charge in [0.1, 0.15) is 11.6 Å². The topological polar surface area (TPSA) is 58.6 Å².